The van der Waals surface area contributed by atoms with E-state index in [2.05, 4.69) is 22.7 Å². The van der Waals surface area contributed by atoms with Crippen molar-refractivity contribution in [3.8, 4) is 0 Å². The molecule has 1 amide bonds. The summed E-state index contributed by atoms with van der Waals surface area (Å²) in [5.41, 5.74) is 13.4. The first-order valence-electron chi connectivity index (χ1n) is 4.09. The van der Waals surface area contributed by atoms with Crippen molar-refractivity contribution in [1.29, 1.82) is 0 Å². The first kappa shape index (κ1) is 11.1. The summed E-state index contributed by atoms with van der Waals surface area (Å²) in [6.45, 7) is 0. The Morgan fingerprint density at radius 1 is 1.27 bits per heavy atom. The van der Waals surface area contributed by atoms with E-state index in [1.807, 2.05) is 6.07 Å². The zero-order valence-electron chi connectivity index (χ0n) is 7.81. The summed E-state index contributed by atoms with van der Waals surface area (Å²) in [5, 5.41) is 3.70. The number of hydrazone groups is 1. The quantitative estimate of drug-likeness (QED) is 0.372. The Labute approximate surface area is 92.1 Å². The molecule has 0 aromatic heterocycles. The lowest BCUT2D eigenvalue weighted by atomic mass is 10.1. The standard InChI is InChI=1S/C9H10N4OS/c10-8(14)7(12-13-9(11)15)6-4-2-1-3-5-6/h1-5H,(H2,10,14)(H3,11,13,15). The highest BCUT2D eigenvalue weighted by Gasteiger charge is 2.09. The molecular formula is C9H10N4OS. The molecule has 15 heavy (non-hydrogen) atoms. The Bertz CT molecular complexity index is 402. The van der Waals surface area contributed by atoms with Crippen molar-refractivity contribution in [2.45, 2.75) is 0 Å². The molecule has 0 aliphatic heterocycles. The molecule has 0 aliphatic rings. The molecule has 0 unspecified atom stereocenters. The zero-order chi connectivity index (χ0) is 11.3. The molecule has 0 saturated carbocycles. The van der Waals surface area contributed by atoms with Crippen LogP contribution in [-0.4, -0.2) is 16.7 Å². The molecule has 0 heterocycles. The summed E-state index contributed by atoms with van der Waals surface area (Å²) in [6.07, 6.45) is 0. The van der Waals surface area contributed by atoms with Gasteiger partial charge in [-0.3, -0.25) is 10.2 Å². The first-order valence-corrected chi connectivity index (χ1v) is 4.50. The molecule has 0 aliphatic carbocycles. The minimum Gasteiger partial charge on any atom is -0.375 e. The van der Waals surface area contributed by atoms with Crippen LogP contribution in [0.2, 0.25) is 0 Å². The molecule has 5 N–H and O–H groups in total. The van der Waals surface area contributed by atoms with Gasteiger partial charge in [0.2, 0.25) is 0 Å². The van der Waals surface area contributed by atoms with E-state index in [9.17, 15) is 4.79 Å². The van der Waals surface area contributed by atoms with Crippen LogP contribution in [0.1, 0.15) is 5.56 Å². The van der Waals surface area contributed by atoms with Gasteiger partial charge in [0.1, 0.15) is 0 Å². The fourth-order valence-corrected chi connectivity index (χ4v) is 1.01. The Morgan fingerprint density at radius 3 is 2.33 bits per heavy atom. The van der Waals surface area contributed by atoms with Gasteiger partial charge in [0.25, 0.3) is 5.91 Å². The number of rotatable bonds is 3. The number of amides is 1. The lowest BCUT2D eigenvalue weighted by Gasteiger charge is -2.02. The number of nitrogens with two attached hydrogens (primary N) is 2. The predicted octanol–water partition coefficient (Wildman–Crippen LogP) is -0.291. The lowest BCUT2D eigenvalue weighted by Crippen LogP contribution is -2.31. The van der Waals surface area contributed by atoms with Crippen LogP contribution in [0, 0.1) is 0 Å². The van der Waals surface area contributed by atoms with Gasteiger partial charge >= 0.3 is 0 Å². The Hall–Kier alpha value is -1.95. The van der Waals surface area contributed by atoms with E-state index < -0.39 is 5.91 Å². The van der Waals surface area contributed by atoms with Crippen LogP contribution < -0.4 is 16.9 Å². The maximum absolute atomic E-state index is 11.1. The third kappa shape index (κ3) is 3.35. The number of nitrogens with one attached hydrogen (secondary N) is 1. The van der Waals surface area contributed by atoms with Crippen molar-refractivity contribution in [2.24, 2.45) is 16.6 Å². The maximum Gasteiger partial charge on any atom is 0.269 e. The highest BCUT2D eigenvalue weighted by atomic mass is 32.1. The number of hydrogen-bond donors (Lipinski definition) is 3. The smallest absolute Gasteiger partial charge is 0.269 e. The molecule has 0 fully saturated rings. The van der Waals surface area contributed by atoms with Crippen molar-refractivity contribution in [2.75, 3.05) is 0 Å². The molecule has 0 bridgehead atoms. The molecule has 1 aromatic rings. The Balaban J connectivity index is 2.99. The number of benzene rings is 1. The molecular weight excluding hydrogens is 212 g/mol. The van der Waals surface area contributed by atoms with Gasteiger partial charge in [0, 0.05) is 5.56 Å². The number of primary amides is 1. The largest absolute Gasteiger partial charge is 0.375 e. The first-order chi connectivity index (χ1) is 7.11. The van der Waals surface area contributed by atoms with Gasteiger partial charge in [-0.15, -0.1) is 0 Å². The molecule has 1 aromatic carbocycles. The number of carbonyl (C=O) groups is 1. The van der Waals surface area contributed by atoms with Gasteiger partial charge in [-0.05, 0) is 12.2 Å². The van der Waals surface area contributed by atoms with Crippen molar-refractivity contribution in [3.63, 3.8) is 0 Å². The van der Waals surface area contributed by atoms with E-state index in [-0.39, 0.29) is 10.8 Å². The summed E-state index contributed by atoms with van der Waals surface area (Å²) in [6, 6.07) is 8.79. The van der Waals surface area contributed by atoms with Gasteiger partial charge in [-0.25, -0.2) is 0 Å². The highest BCUT2D eigenvalue weighted by Crippen LogP contribution is 2.00. The van der Waals surface area contributed by atoms with Crippen LogP contribution >= 0.6 is 12.2 Å². The Kier molecular flexibility index (Phi) is 3.75. The summed E-state index contributed by atoms with van der Waals surface area (Å²) < 4.78 is 0. The second-order valence-corrected chi connectivity index (χ2v) is 3.11. The Morgan fingerprint density at radius 2 is 1.87 bits per heavy atom. The van der Waals surface area contributed by atoms with E-state index in [0.29, 0.717) is 5.56 Å². The SMILES string of the molecule is NC(=O)C(=NNC(N)=S)c1ccccc1. The average Bonchev–Trinajstić information content (AvgIpc) is 2.18. The van der Waals surface area contributed by atoms with Crippen molar-refractivity contribution in [1.82, 2.24) is 5.43 Å². The molecule has 0 spiro atoms. The fourth-order valence-electron chi connectivity index (χ4n) is 0.969. The van der Waals surface area contributed by atoms with E-state index in [4.69, 9.17) is 11.5 Å². The van der Waals surface area contributed by atoms with Crippen molar-refractivity contribution >= 4 is 28.9 Å². The predicted molar refractivity (Wildman–Crippen MR) is 62.1 cm³/mol. The number of nitrogens with zero attached hydrogens (tertiary/aromatic N) is 1. The van der Waals surface area contributed by atoms with Gasteiger partial charge in [0.05, 0.1) is 0 Å². The van der Waals surface area contributed by atoms with Crippen molar-refractivity contribution < 1.29 is 4.79 Å². The summed E-state index contributed by atoms with van der Waals surface area (Å²) >= 11 is 4.56. The highest BCUT2D eigenvalue weighted by molar-refractivity contribution is 7.80. The van der Waals surface area contributed by atoms with E-state index in [1.54, 1.807) is 24.3 Å². The minimum atomic E-state index is -0.648. The van der Waals surface area contributed by atoms with Gasteiger partial charge < -0.3 is 11.5 Å². The second kappa shape index (κ2) is 5.06. The summed E-state index contributed by atoms with van der Waals surface area (Å²) in [7, 11) is 0. The van der Waals surface area contributed by atoms with E-state index in [1.165, 1.54) is 0 Å². The van der Waals surface area contributed by atoms with Gasteiger partial charge in [-0.2, -0.15) is 5.10 Å². The molecule has 0 atom stereocenters. The third-order valence-corrected chi connectivity index (χ3v) is 1.65. The third-order valence-electron chi connectivity index (χ3n) is 1.56. The molecule has 0 saturated heterocycles. The molecule has 78 valence electrons. The maximum atomic E-state index is 11.1. The topological polar surface area (TPSA) is 93.5 Å². The summed E-state index contributed by atoms with van der Waals surface area (Å²) in [5.74, 6) is -0.648. The number of carbonyl (C=O) groups excluding carboxylic acids is 1. The average molecular weight is 222 g/mol. The lowest BCUT2D eigenvalue weighted by molar-refractivity contribution is -0.111. The minimum absolute atomic E-state index is 0.0234. The zero-order valence-corrected chi connectivity index (χ0v) is 8.62. The van der Waals surface area contributed by atoms with Gasteiger partial charge in [-0.1, -0.05) is 30.3 Å². The van der Waals surface area contributed by atoms with Crippen LogP contribution in [0.25, 0.3) is 0 Å². The van der Waals surface area contributed by atoms with E-state index in [0.717, 1.165) is 0 Å². The second-order valence-electron chi connectivity index (χ2n) is 2.67. The summed E-state index contributed by atoms with van der Waals surface area (Å²) in [4.78, 5) is 11.1. The normalized spacial score (nSPS) is 10.8. The van der Waals surface area contributed by atoms with Crippen molar-refractivity contribution in [3.05, 3.63) is 35.9 Å². The van der Waals surface area contributed by atoms with E-state index >= 15 is 0 Å². The van der Waals surface area contributed by atoms with Gasteiger partial charge in [0.15, 0.2) is 10.8 Å². The van der Waals surface area contributed by atoms with Crippen LogP contribution in [0.3, 0.4) is 0 Å². The monoisotopic (exact) mass is 222 g/mol. The fraction of sp³-hybridized carbons (Fsp3) is 0. The number of hydrogen-bond acceptors (Lipinski definition) is 3. The van der Waals surface area contributed by atoms with Crippen LogP contribution in [-0.2, 0) is 4.79 Å². The number of thiocarbonyl (C=S) groups is 1. The van der Waals surface area contributed by atoms with Crippen LogP contribution in [0.4, 0.5) is 0 Å². The van der Waals surface area contributed by atoms with Crippen LogP contribution in [0.5, 0.6) is 0 Å². The van der Waals surface area contributed by atoms with Crippen LogP contribution in [0.15, 0.2) is 35.4 Å². The molecule has 5 nitrogen and oxygen atoms in total. The molecule has 1 rings (SSSR count). The molecule has 0 radical (unpaired) electrons. The molecule has 6 heteroatoms.